The molecule has 1 aliphatic heterocycles. The second kappa shape index (κ2) is 18.9. The van der Waals surface area contributed by atoms with Crippen LogP contribution < -0.4 is 15.8 Å². The van der Waals surface area contributed by atoms with Crippen molar-refractivity contribution in [2.45, 2.75) is 113 Å². The second-order valence-electron chi connectivity index (χ2n) is 16.8. The van der Waals surface area contributed by atoms with Crippen LogP contribution >= 0.6 is 0 Å². The lowest BCUT2D eigenvalue weighted by atomic mass is 9.74. The number of aromatic nitrogens is 1. The van der Waals surface area contributed by atoms with Crippen LogP contribution in [0.2, 0.25) is 0 Å². The van der Waals surface area contributed by atoms with E-state index in [9.17, 15) is 30.0 Å². The molecule has 0 bridgehead atoms. The summed E-state index contributed by atoms with van der Waals surface area (Å²) in [5, 5.41) is 51.5. The van der Waals surface area contributed by atoms with Crippen LogP contribution in [0, 0.1) is 29.6 Å². The molecular formula is C48H57N3O7. The third-order valence-electron chi connectivity index (χ3n) is 12.9. The number of nitrogens with one attached hydrogen (secondary N) is 1. The van der Waals surface area contributed by atoms with Gasteiger partial charge < -0.3 is 36.2 Å². The number of anilines is 1. The maximum Gasteiger partial charge on any atom is 0.160 e. The maximum absolute atomic E-state index is 13.7. The van der Waals surface area contributed by atoms with E-state index >= 15 is 0 Å². The Kier molecular flexibility index (Phi) is 13.5. The summed E-state index contributed by atoms with van der Waals surface area (Å²) in [6.45, 7) is 0.912. The van der Waals surface area contributed by atoms with Gasteiger partial charge in [-0.15, -0.1) is 0 Å². The standard InChI is InChI=1S/C48H57N3O7/c1-58-47-23-34-14-17-43(54)38(42(53)9-5-2-6-29-20-36-12-15-37(52)25-41(36)51-28-29)16-13-33(40(34)27-46(47)57)22-44(55)45(56)26-39(35-18-19-50-48(49)24-35)32-11-10-30-7-3-4-8-31(30)21-32/h3-4,7-8,10-11,18-19,21,23-24,27,29,33,36,38-39,41-42,44-45,51,53,55-57H,2,5-6,9,12,14-15,17,20,22,25-26,28H2,1H3,(H2,49,50)/t29-,33-,36+,38+,39-,41+,42+,44-,45+/m0/s1. The van der Waals surface area contributed by atoms with Crippen LogP contribution in [0.25, 0.3) is 10.8 Å². The van der Waals surface area contributed by atoms with Gasteiger partial charge in [-0.3, -0.25) is 9.59 Å². The van der Waals surface area contributed by atoms with E-state index in [1.165, 1.54) is 7.11 Å². The van der Waals surface area contributed by atoms with Crippen LogP contribution in [-0.2, 0) is 16.0 Å². The number of benzene rings is 3. The number of phenols is 1. The van der Waals surface area contributed by atoms with Gasteiger partial charge in [0.1, 0.15) is 17.5 Å². The number of Topliss-reactive ketones (excluding diaryl/α,β-unsaturated/α-hetero) is 2. The zero-order valence-corrected chi connectivity index (χ0v) is 33.4. The molecule has 1 saturated heterocycles. The van der Waals surface area contributed by atoms with Crippen molar-refractivity contribution in [2.24, 2.45) is 17.8 Å². The fraction of sp³-hybridized carbons (Fsp3) is 0.479. The van der Waals surface area contributed by atoms with E-state index < -0.39 is 30.1 Å². The third kappa shape index (κ3) is 9.90. The number of aromatic hydroxyl groups is 1. The van der Waals surface area contributed by atoms with Gasteiger partial charge in [-0.1, -0.05) is 67.1 Å². The van der Waals surface area contributed by atoms with E-state index in [-0.39, 0.29) is 42.5 Å². The van der Waals surface area contributed by atoms with Crippen LogP contribution in [0.4, 0.5) is 5.82 Å². The topological polar surface area (TPSA) is 175 Å². The van der Waals surface area contributed by atoms with Gasteiger partial charge in [-0.25, -0.2) is 4.98 Å². The number of unbranched alkanes of at least 4 members (excludes halogenated alkanes) is 1. The fourth-order valence-electron chi connectivity index (χ4n) is 9.54. The Bertz CT molecular complexity index is 2140. The van der Waals surface area contributed by atoms with Crippen molar-refractivity contribution in [3.63, 3.8) is 0 Å². The Hall–Kier alpha value is -4.79. The molecule has 9 atom stereocenters. The molecule has 4 aromatic rings. The van der Waals surface area contributed by atoms with Crippen LogP contribution in [0.1, 0.15) is 105 Å². The van der Waals surface area contributed by atoms with Crippen molar-refractivity contribution in [3.05, 3.63) is 95.2 Å². The van der Waals surface area contributed by atoms with Gasteiger partial charge in [0.05, 0.1) is 25.4 Å². The van der Waals surface area contributed by atoms with Gasteiger partial charge in [-0.05, 0) is 121 Å². The number of fused-ring (bicyclic) bond motifs is 3. The summed E-state index contributed by atoms with van der Waals surface area (Å²) in [6.07, 6.45) is 5.57. The van der Waals surface area contributed by atoms with Crippen LogP contribution in [0.3, 0.4) is 0 Å². The summed E-state index contributed by atoms with van der Waals surface area (Å²) >= 11 is 0. The number of hydrogen-bond acceptors (Lipinski definition) is 10. The van der Waals surface area contributed by atoms with Gasteiger partial charge in [-0.2, -0.15) is 0 Å². The van der Waals surface area contributed by atoms with Gasteiger partial charge >= 0.3 is 0 Å². The molecule has 0 radical (unpaired) electrons. The number of rotatable bonds is 14. The normalized spacial score (nSPS) is 24.2. The fourth-order valence-corrected chi connectivity index (χ4v) is 9.54. The minimum atomic E-state index is -1.22. The van der Waals surface area contributed by atoms with Crippen LogP contribution in [0.5, 0.6) is 11.5 Å². The number of nitrogens with two attached hydrogens (primary N) is 1. The van der Waals surface area contributed by atoms with Crippen molar-refractivity contribution in [2.75, 3.05) is 19.4 Å². The number of hydrogen-bond donors (Lipinski definition) is 6. The molecule has 58 heavy (non-hydrogen) atoms. The van der Waals surface area contributed by atoms with Gasteiger partial charge in [0.25, 0.3) is 0 Å². The number of phenolic OH excluding ortho intramolecular Hbond substituents is 1. The first kappa shape index (κ1) is 41.4. The lowest BCUT2D eigenvalue weighted by molar-refractivity contribution is -0.124. The summed E-state index contributed by atoms with van der Waals surface area (Å²) in [5.41, 5.74) is 9.34. The summed E-state index contributed by atoms with van der Waals surface area (Å²) in [4.78, 5) is 29.8. The quantitative estimate of drug-likeness (QED) is 0.0624. The highest BCUT2D eigenvalue weighted by atomic mass is 16.5. The molecule has 3 aliphatic rings. The number of pyridine rings is 1. The first-order chi connectivity index (χ1) is 28.1. The highest BCUT2D eigenvalue weighted by Crippen LogP contribution is 2.39. The van der Waals surface area contributed by atoms with Crippen LogP contribution in [-0.4, -0.2) is 75.0 Å². The van der Waals surface area contributed by atoms with E-state index in [0.29, 0.717) is 60.7 Å². The Morgan fingerprint density at radius 3 is 2.55 bits per heavy atom. The summed E-state index contributed by atoms with van der Waals surface area (Å²) in [7, 11) is 1.47. The van der Waals surface area contributed by atoms with E-state index in [2.05, 4.69) is 28.2 Å². The number of aryl methyl sites for hydroxylation is 1. The second-order valence-corrected chi connectivity index (χ2v) is 16.8. The molecule has 1 aromatic heterocycles. The van der Waals surface area contributed by atoms with Crippen LogP contribution in [0.15, 0.2) is 72.9 Å². The molecule has 2 fully saturated rings. The number of ketones is 2. The number of aliphatic hydroxyl groups excluding tert-OH is 3. The summed E-state index contributed by atoms with van der Waals surface area (Å²) in [6, 6.07) is 21.5. The monoisotopic (exact) mass is 787 g/mol. The predicted octanol–water partition coefficient (Wildman–Crippen LogP) is 6.35. The predicted molar refractivity (Wildman–Crippen MR) is 224 cm³/mol. The molecule has 306 valence electrons. The lowest BCUT2D eigenvalue weighted by Gasteiger charge is -2.39. The molecule has 3 aromatic carbocycles. The molecule has 1 saturated carbocycles. The number of carbonyl (C=O) groups is 2. The van der Waals surface area contributed by atoms with E-state index in [1.807, 2.05) is 42.5 Å². The average Bonchev–Trinajstić information content (AvgIpc) is 3.28. The molecule has 10 heteroatoms. The Labute approximate surface area is 341 Å². The molecular weight excluding hydrogens is 731 g/mol. The number of aliphatic hydroxyl groups is 3. The van der Waals surface area contributed by atoms with Crippen molar-refractivity contribution in [3.8, 4) is 23.3 Å². The number of nitrogens with zero attached hydrogens (tertiary/aromatic N) is 1. The third-order valence-corrected chi connectivity index (χ3v) is 12.9. The molecule has 7 N–H and O–H groups in total. The lowest BCUT2D eigenvalue weighted by Crippen LogP contribution is -2.48. The first-order valence-corrected chi connectivity index (χ1v) is 21.0. The molecule has 0 spiro atoms. The zero-order valence-electron chi connectivity index (χ0n) is 33.4. The number of methoxy groups -OCH3 is 1. The number of ether oxygens (including phenoxy) is 1. The highest BCUT2D eigenvalue weighted by molar-refractivity contribution is 5.85. The smallest absolute Gasteiger partial charge is 0.160 e. The minimum absolute atomic E-state index is 0.0261. The largest absolute Gasteiger partial charge is 0.504 e. The van der Waals surface area contributed by atoms with E-state index in [1.54, 1.807) is 24.4 Å². The molecule has 0 amide bonds. The first-order valence-electron chi connectivity index (χ1n) is 21.0. The maximum atomic E-state index is 13.7. The summed E-state index contributed by atoms with van der Waals surface area (Å²) < 4.78 is 5.42. The Morgan fingerprint density at radius 1 is 0.931 bits per heavy atom. The molecule has 2 heterocycles. The van der Waals surface area contributed by atoms with Gasteiger partial charge in [0.2, 0.25) is 0 Å². The van der Waals surface area contributed by atoms with E-state index in [0.717, 1.165) is 66.1 Å². The molecule has 0 unspecified atom stereocenters. The van der Waals surface area contributed by atoms with E-state index in [4.69, 9.17) is 10.5 Å². The summed E-state index contributed by atoms with van der Waals surface area (Å²) in [5.74, 6) is 6.33. The van der Waals surface area contributed by atoms with Gasteiger partial charge in [0, 0.05) is 43.3 Å². The van der Waals surface area contributed by atoms with Gasteiger partial charge in [0.15, 0.2) is 17.3 Å². The highest BCUT2D eigenvalue weighted by Gasteiger charge is 2.35. The van der Waals surface area contributed by atoms with Crippen molar-refractivity contribution >= 4 is 28.2 Å². The Balaban J connectivity index is 1.07. The number of carbonyl (C=O) groups excluding carboxylic acids is 2. The van der Waals surface area contributed by atoms with Crippen molar-refractivity contribution in [1.82, 2.24) is 10.3 Å². The molecule has 2 aliphatic carbocycles. The molecule has 7 rings (SSSR count). The van der Waals surface area contributed by atoms with Crippen molar-refractivity contribution in [1.29, 1.82) is 0 Å². The zero-order chi connectivity index (χ0) is 40.8. The minimum Gasteiger partial charge on any atom is -0.504 e. The number of nitrogen functional groups attached to an aromatic ring is 1. The Morgan fingerprint density at radius 2 is 1.74 bits per heavy atom. The number of piperidine rings is 1. The molecule has 10 nitrogen and oxygen atoms in total. The average molecular weight is 788 g/mol. The SMILES string of the molecule is COc1cc2c(cc1O)[C@H](C[C@H](O)[C@H](O)C[C@H](c1ccnc(N)c1)c1ccc3ccccc3c1)C#C[C@H]([C@H](O)CCCC[C@@H]1CN[C@@H]3CC(=O)CC[C@@H]3C1)C(=O)CC2. The van der Waals surface area contributed by atoms with Crippen molar-refractivity contribution < 1.29 is 34.8 Å².